The van der Waals surface area contributed by atoms with Gasteiger partial charge >= 0.3 is 6.03 Å². The first-order chi connectivity index (χ1) is 11.1. The molecule has 1 aromatic rings. The normalized spacial score (nSPS) is 18.2. The second-order valence-electron chi connectivity index (χ2n) is 6.01. The maximum absolute atomic E-state index is 12.1. The van der Waals surface area contributed by atoms with Crippen LogP contribution in [0.2, 0.25) is 5.02 Å². The van der Waals surface area contributed by atoms with Crippen molar-refractivity contribution in [1.29, 1.82) is 0 Å². The molecule has 0 bridgehead atoms. The lowest BCUT2D eigenvalue weighted by Crippen LogP contribution is -2.49. The summed E-state index contributed by atoms with van der Waals surface area (Å²) in [5, 5.41) is 15.6. The molecule has 128 valence electrons. The molecule has 0 saturated carbocycles. The molecule has 5 nitrogen and oxygen atoms in total. The van der Waals surface area contributed by atoms with Crippen LogP contribution in [0, 0.1) is 0 Å². The van der Waals surface area contributed by atoms with E-state index in [1.165, 1.54) is 5.56 Å². The Morgan fingerprint density at radius 2 is 2.00 bits per heavy atom. The van der Waals surface area contributed by atoms with Gasteiger partial charge in [-0.05, 0) is 37.0 Å². The van der Waals surface area contributed by atoms with E-state index in [1.807, 2.05) is 31.2 Å². The smallest absolute Gasteiger partial charge is 0.315 e. The van der Waals surface area contributed by atoms with Gasteiger partial charge in [-0.15, -0.1) is 0 Å². The lowest BCUT2D eigenvalue weighted by molar-refractivity contribution is 0.0506. The molecule has 0 radical (unpaired) electrons. The van der Waals surface area contributed by atoms with Crippen molar-refractivity contribution in [2.75, 3.05) is 26.4 Å². The van der Waals surface area contributed by atoms with Gasteiger partial charge in [-0.1, -0.05) is 30.7 Å². The van der Waals surface area contributed by atoms with Gasteiger partial charge in [0.1, 0.15) is 0 Å². The van der Waals surface area contributed by atoms with Crippen LogP contribution in [0.1, 0.15) is 31.7 Å². The molecule has 1 atom stereocenters. The highest BCUT2D eigenvalue weighted by Crippen LogP contribution is 2.34. The fraction of sp³-hybridized carbons (Fsp3) is 0.588. The molecular weight excluding hydrogens is 316 g/mol. The van der Waals surface area contributed by atoms with E-state index in [1.54, 1.807) is 0 Å². The third-order valence-electron chi connectivity index (χ3n) is 4.54. The Kier molecular flexibility index (Phi) is 6.69. The van der Waals surface area contributed by atoms with Crippen molar-refractivity contribution in [2.24, 2.45) is 0 Å². The molecule has 1 saturated heterocycles. The number of carbonyl (C=O) groups excluding carboxylic acids is 1. The standard InChI is InChI=1S/C17H25ClN2O3/c1-2-15(11-21)20-16(22)19-12-17(7-9-23-10-8-17)13-3-5-14(18)6-4-13/h3-6,15,21H,2,7-12H2,1H3,(H2,19,20,22). The van der Waals surface area contributed by atoms with E-state index >= 15 is 0 Å². The van der Waals surface area contributed by atoms with Gasteiger partial charge in [-0.2, -0.15) is 0 Å². The zero-order chi connectivity index (χ0) is 16.7. The van der Waals surface area contributed by atoms with Crippen molar-refractivity contribution >= 4 is 17.6 Å². The van der Waals surface area contributed by atoms with E-state index < -0.39 is 0 Å². The Hall–Kier alpha value is -1.30. The van der Waals surface area contributed by atoms with Gasteiger partial charge in [0.05, 0.1) is 12.6 Å². The van der Waals surface area contributed by atoms with Gasteiger partial charge in [0.25, 0.3) is 0 Å². The van der Waals surface area contributed by atoms with Crippen molar-refractivity contribution in [3.8, 4) is 0 Å². The predicted molar refractivity (Wildman–Crippen MR) is 90.9 cm³/mol. The molecule has 0 aliphatic carbocycles. The Morgan fingerprint density at radius 3 is 2.57 bits per heavy atom. The highest BCUT2D eigenvalue weighted by Gasteiger charge is 2.34. The van der Waals surface area contributed by atoms with Crippen LogP contribution in [0.5, 0.6) is 0 Å². The molecule has 23 heavy (non-hydrogen) atoms. The van der Waals surface area contributed by atoms with E-state index in [2.05, 4.69) is 10.6 Å². The number of halogens is 1. The SMILES string of the molecule is CCC(CO)NC(=O)NCC1(c2ccc(Cl)cc2)CCOCC1. The molecule has 1 unspecified atom stereocenters. The van der Waals surface area contributed by atoms with Crippen LogP contribution >= 0.6 is 11.6 Å². The maximum atomic E-state index is 12.1. The highest BCUT2D eigenvalue weighted by molar-refractivity contribution is 6.30. The maximum Gasteiger partial charge on any atom is 0.315 e. The zero-order valence-electron chi connectivity index (χ0n) is 13.5. The Bertz CT molecular complexity index is 497. The average Bonchev–Trinajstić information content (AvgIpc) is 2.59. The fourth-order valence-electron chi connectivity index (χ4n) is 2.90. The number of ether oxygens (including phenoxy) is 1. The number of carbonyl (C=O) groups is 1. The Balaban J connectivity index is 2.04. The van der Waals surface area contributed by atoms with Crippen LogP contribution in [0.25, 0.3) is 0 Å². The molecule has 6 heteroatoms. The summed E-state index contributed by atoms with van der Waals surface area (Å²) in [5.74, 6) is 0. The summed E-state index contributed by atoms with van der Waals surface area (Å²) >= 11 is 5.98. The summed E-state index contributed by atoms with van der Waals surface area (Å²) < 4.78 is 5.49. The lowest BCUT2D eigenvalue weighted by atomic mass is 9.74. The summed E-state index contributed by atoms with van der Waals surface area (Å²) in [7, 11) is 0. The van der Waals surface area contributed by atoms with Crippen LogP contribution in [-0.2, 0) is 10.2 Å². The van der Waals surface area contributed by atoms with Crippen LogP contribution in [-0.4, -0.2) is 43.5 Å². The molecule has 2 amide bonds. The van der Waals surface area contributed by atoms with Gasteiger partial charge in [0.15, 0.2) is 0 Å². The van der Waals surface area contributed by atoms with Gasteiger partial charge in [0, 0.05) is 30.2 Å². The van der Waals surface area contributed by atoms with E-state index in [4.69, 9.17) is 16.3 Å². The van der Waals surface area contributed by atoms with E-state index in [0.717, 1.165) is 12.8 Å². The summed E-state index contributed by atoms with van der Waals surface area (Å²) in [6, 6.07) is 7.35. The third-order valence-corrected chi connectivity index (χ3v) is 4.79. The first-order valence-electron chi connectivity index (χ1n) is 8.08. The largest absolute Gasteiger partial charge is 0.394 e. The van der Waals surface area contributed by atoms with Crippen molar-refractivity contribution < 1.29 is 14.6 Å². The first kappa shape index (κ1) is 18.0. The average molecular weight is 341 g/mol. The molecule has 0 spiro atoms. The minimum atomic E-state index is -0.245. The second kappa shape index (κ2) is 8.52. The van der Waals surface area contributed by atoms with Gasteiger partial charge < -0.3 is 20.5 Å². The number of rotatable bonds is 6. The second-order valence-corrected chi connectivity index (χ2v) is 6.45. The quantitative estimate of drug-likeness (QED) is 0.745. The van der Waals surface area contributed by atoms with Crippen molar-refractivity contribution in [1.82, 2.24) is 10.6 Å². The third kappa shape index (κ3) is 4.83. The molecule has 1 aliphatic heterocycles. The van der Waals surface area contributed by atoms with Crippen molar-refractivity contribution in [3.05, 3.63) is 34.9 Å². The minimum absolute atomic E-state index is 0.0555. The summed E-state index contributed by atoms with van der Waals surface area (Å²) in [5.41, 5.74) is 1.03. The molecule has 1 aromatic carbocycles. The van der Waals surface area contributed by atoms with Gasteiger partial charge in [0.2, 0.25) is 0 Å². The van der Waals surface area contributed by atoms with E-state index in [-0.39, 0.29) is 24.1 Å². The first-order valence-corrected chi connectivity index (χ1v) is 8.46. The number of benzene rings is 1. The summed E-state index contributed by atoms with van der Waals surface area (Å²) in [6.07, 6.45) is 2.40. The van der Waals surface area contributed by atoms with E-state index in [9.17, 15) is 9.90 Å². The van der Waals surface area contributed by atoms with Gasteiger partial charge in [-0.25, -0.2) is 4.79 Å². The van der Waals surface area contributed by atoms with Crippen LogP contribution in [0.4, 0.5) is 4.79 Å². The fourth-order valence-corrected chi connectivity index (χ4v) is 3.02. The Labute approximate surface area is 142 Å². The topological polar surface area (TPSA) is 70.6 Å². The summed E-state index contributed by atoms with van der Waals surface area (Å²) in [6.45, 7) is 3.76. The number of aliphatic hydroxyl groups excluding tert-OH is 1. The lowest BCUT2D eigenvalue weighted by Gasteiger charge is -2.38. The van der Waals surface area contributed by atoms with Crippen LogP contribution in [0.3, 0.4) is 0 Å². The molecule has 2 rings (SSSR count). The number of hydrogen-bond donors (Lipinski definition) is 3. The molecular formula is C17H25ClN2O3. The van der Waals surface area contributed by atoms with Gasteiger partial charge in [-0.3, -0.25) is 0 Å². The monoisotopic (exact) mass is 340 g/mol. The van der Waals surface area contributed by atoms with E-state index in [0.29, 0.717) is 31.2 Å². The number of urea groups is 1. The molecule has 1 heterocycles. The van der Waals surface area contributed by atoms with Crippen molar-refractivity contribution in [2.45, 2.75) is 37.6 Å². The number of hydrogen-bond acceptors (Lipinski definition) is 3. The zero-order valence-corrected chi connectivity index (χ0v) is 14.2. The van der Waals surface area contributed by atoms with Crippen LogP contribution in [0.15, 0.2) is 24.3 Å². The van der Waals surface area contributed by atoms with Crippen molar-refractivity contribution in [3.63, 3.8) is 0 Å². The van der Waals surface area contributed by atoms with Crippen LogP contribution < -0.4 is 10.6 Å². The Morgan fingerprint density at radius 1 is 1.35 bits per heavy atom. The molecule has 1 fully saturated rings. The highest BCUT2D eigenvalue weighted by atomic mass is 35.5. The number of nitrogens with one attached hydrogen (secondary N) is 2. The number of aliphatic hydroxyl groups is 1. The summed E-state index contributed by atoms with van der Waals surface area (Å²) in [4.78, 5) is 12.1. The molecule has 1 aliphatic rings. The molecule has 3 N–H and O–H groups in total. The molecule has 0 aromatic heterocycles. The predicted octanol–water partition coefficient (Wildman–Crippen LogP) is 2.46. The minimum Gasteiger partial charge on any atom is -0.394 e. The number of amides is 2.